The molecule has 3 aliphatic rings. The Hall–Kier alpha value is -0.790. The Morgan fingerprint density at radius 3 is 2.92 bits per heavy atom. The van der Waals surface area contributed by atoms with Gasteiger partial charge in [0.1, 0.15) is 0 Å². The predicted molar refractivity (Wildman–Crippen MR) is 43.4 cm³/mol. The topological polar surface area (TPSA) is 26.3 Å². The fourth-order valence-electron chi connectivity index (χ4n) is 3.04. The Morgan fingerprint density at radius 1 is 1.50 bits per heavy atom. The fraction of sp³-hybridized carbons (Fsp3) is 0.700. The molecule has 0 N–H and O–H groups in total. The van der Waals surface area contributed by atoms with E-state index in [-0.39, 0.29) is 11.4 Å². The maximum atomic E-state index is 11.0. The molecule has 0 unspecified atom stereocenters. The zero-order valence-electron chi connectivity index (χ0n) is 6.95. The average Bonchev–Trinajstić information content (AvgIpc) is 2.67. The van der Waals surface area contributed by atoms with E-state index < -0.39 is 0 Å². The summed E-state index contributed by atoms with van der Waals surface area (Å²) >= 11 is 0. The predicted octanol–water partition coefficient (Wildman–Crippen LogP) is 1.52. The quantitative estimate of drug-likeness (QED) is 0.401. The third kappa shape index (κ3) is 0.680. The maximum Gasteiger partial charge on any atom is 0.306 e. The Morgan fingerprint density at radius 2 is 2.42 bits per heavy atom. The van der Waals surface area contributed by atoms with Gasteiger partial charge < -0.3 is 4.74 Å². The van der Waals surface area contributed by atoms with Crippen LogP contribution in [0.3, 0.4) is 0 Å². The summed E-state index contributed by atoms with van der Waals surface area (Å²) in [6.07, 6.45) is 7.70. The first-order valence-corrected chi connectivity index (χ1v) is 4.62. The van der Waals surface area contributed by atoms with Gasteiger partial charge in [-0.25, -0.2) is 0 Å². The molecular weight excluding hydrogens is 152 g/mol. The van der Waals surface area contributed by atoms with Crippen LogP contribution in [-0.2, 0) is 9.53 Å². The Balaban J connectivity index is 1.94. The van der Waals surface area contributed by atoms with Crippen molar-refractivity contribution in [1.82, 2.24) is 0 Å². The summed E-state index contributed by atoms with van der Waals surface area (Å²) in [4.78, 5) is 11.0. The standard InChI is InChI=1S/C10H12O2/c11-9-5-10(6-12-9)4-7-1-2-8(10)3-7/h1-2,7-8H,3-6H2/t7-,8+,10+/m0/s1. The van der Waals surface area contributed by atoms with Gasteiger partial charge in [-0.2, -0.15) is 0 Å². The second-order valence-electron chi connectivity index (χ2n) is 4.39. The number of carbonyl (C=O) groups excluding carboxylic acids is 1. The van der Waals surface area contributed by atoms with Crippen molar-refractivity contribution < 1.29 is 9.53 Å². The minimum absolute atomic E-state index is 0.0101. The molecule has 12 heavy (non-hydrogen) atoms. The molecule has 0 aromatic heterocycles. The fourth-order valence-corrected chi connectivity index (χ4v) is 3.04. The number of esters is 1. The molecule has 0 radical (unpaired) electrons. The molecule has 2 fully saturated rings. The molecule has 64 valence electrons. The third-order valence-corrected chi connectivity index (χ3v) is 3.64. The zero-order valence-corrected chi connectivity index (χ0v) is 6.95. The van der Waals surface area contributed by atoms with Crippen LogP contribution in [0.5, 0.6) is 0 Å². The van der Waals surface area contributed by atoms with E-state index >= 15 is 0 Å². The van der Waals surface area contributed by atoms with Crippen LogP contribution in [0.4, 0.5) is 0 Å². The smallest absolute Gasteiger partial charge is 0.306 e. The molecular formula is C10H12O2. The van der Waals surface area contributed by atoms with Gasteiger partial charge in [0.2, 0.25) is 0 Å². The number of allylic oxidation sites excluding steroid dienone is 2. The van der Waals surface area contributed by atoms with Crippen molar-refractivity contribution in [2.24, 2.45) is 17.3 Å². The van der Waals surface area contributed by atoms with Crippen LogP contribution < -0.4 is 0 Å². The summed E-state index contributed by atoms with van der Waals surface area (Å²) < 4.78 is 5.07. The molecule has 2 heteroatoms. The van der Waals surface area contributed by atoms with Gasteiger partial charge in [0.05, 0.1) is 13.0 Å². The largest absolute Gasteiger partial charge is 0.465 e. The molecule has 0 amide bonds. The van der Waals surface area contributed by atoms with Crippen LogP contribution in [0.1, 0.15) is 19.3 Å². The molecule has 1 saturated heterocycles. The van der Waals surface area contributed by atoms with Crippen molar-refractivity contribution in [3.05, 3.63) is 12.2 Å². The van der Waals surface area contributed by atoms with Crippen molar-refractivity contribution >= 4 is 5.97 Å². The second-order valence-corrected chi connectivity index (χ2v) is 4.39. The molecule has 0 aromatic carbocycles. The van der Waals surface area contributed by atoms with Crippen LogP contribution >= 0.6 is 0 Å². The lowest BCUT2D eigenvalue weighted by Crippen LogP contribution is -2.25. The van der Waals surface area contributed by atoms with Gasteiger partial charge in [-0.1, -0.05) is 12.2 Å². The summed E-state index contributed by atoms with van der Waals surface area (Å²) in [6, 6.07) is 0. The van der Waals surface area contributed by atoms with Gasteiger partial charge in [-0.15, -0.1) is 0 Å². The van der Waals surface area contributed by atoms with Crippen molar-refractivity contribution in [3.63, 3.8) is 0 Å². The van der Waals surface area contributed by atoms with E-state index in [9.17, 15) is 4.79 Å². The van der Waals surface area contributed by atoms with Gasteiger partial charge in [-0.05, 0) is 24.7 Å². The highest BCUT2D eigenvalue weighted by molar-refractivity contribution is 5.72. The molecule has 3 atom stereocenters. The van der Waals surface area contributed by atoms with Crippen molar-refractivity contribution in [2.45, 2.75) is 19.3 Å². The molecule has 1 heterocycles. The molecule has 1 spiro atoms. The van der Waals surface area contributed by atoms with Gasteiger partial charge in [0, 0.05) is 5.41 Å². The normalized spacial score (nSPS) is 49.2. The number of cyclic esters (lactones) is 1. The van der Waals surface area contributed by atoms with Crippen molar-refractivity contribution in [3.8, 4) is 0 Å². The number of ether oxygens (including phenoxy) is 1. The molecule has 2 bridgehead atoms. The van der Waals surface area contributed by atoms with Gasteiger partial charge in [-0.3, -0.25) is 4.79 Å². The first-order chi connectivity index (χ1) is 5.78. The lowest BCUT2D eigenvalue weighted by Gasteiger charge is -2.26. The Kier molecular flexibility index (Phi) is 1.07. The SMILES string of the molecule is O=C1C[C@@]2(CO1)C[C@H]1C=C[C@@H]2C1. The molecule has 2 nitrogen and oxygen atoms in total. The molecule has 1 aliphatic heterocycles. The number of hydrogen-bond acceptors (Lipinski definition) is 2. The van der Waals surface area contributed by atoms with Gasteiger partial charge >= 0.3 is 5.97 Å². The van der Waals surface area contributed by atoms with E-state index in [0.29, 0.717) is 18.9 Å². The molecule has 0 aromatic rings. The minimum Gasteiger partial charge on any atom is -0.465 e. The van der Waals surface area contributed by atoms with Gasteiger partial charge in [0.15, 0.2) is 0 Å². The van der Waals surface area contributed by atoms with E-state index in [1.165, 1.54) is 12.8 Å². The molecule has 3 rings (SSSR count). The summed E-state index contributed by atoms with van der Waals surface area (Å²) in [5, 5.41) is 0. The van der Waals surface area contributed by atoms with Crippen LogP contribution in [0.2, 0.25) is 0 Å². The lowest BCUT2D eigenvalue weighted by atomic mass is 9.75. The monoisotopic (exact) mass is 164 g/mol. The Bertz CT molecular complexity index is 269. The van der Waals surface area contributed by atoms with Gasteiger partial charge in [0.25, 0.3) is 0 Å². The van der Waals surface area contributed by atoms with E-state index in [1.807, 2.05) is 0 Å². The number of carbonyl (C=O) groups is 1. The number of hydrogen-bond donors (Lipinski definition) is 0. The van der Waals surface area contributed by atoms with Crippen LogP contribution in [-0.4, -0.2) is 12.6 Å². The Labute approximate surface area is 71.6 Å². The van der Waals surface area contributed by atoms with Crippen LogP contribution in [0.25, 0.3) is 0 Å². The summed E-state index contributed by atoms with van der Waals surface area (Å²) in [6.45, 7) is 0.678. The first-order valence-electron chi connectivity index (χ1n) is 4.62. The highest BCUT2D eigenvalue weighted by Crippen LogP contribution is 2.56. The zero-order chi connectivity index (χ0) is 8.18. The third-order valence-electron chi connectivity index (χ3n) is 3.64. The molecule has 2 aliphatic carbocycles. The highest BCUT2D eigenvalue weighted by Gasteiger charge is 2.53. The van der Waals surface area contributed by atoms with Crippen LogP contribution in [0.15, 0.2) is 12.2 Å². The number of rotatable bonds is 0. The highest BCUT2D eigenvalue weighted by atomic mass is 16.5. The van der Waals surface area contributed by atoms with Crippen LogP contribution in [0, 0.1) is 17.3 Å². The van der Waals surface area contributed by atoms with E-state index in [0.717, 1.165) is 5.92 Å². The second kappa shape index (κ2) is 1.93. The number of fused-ring (bicyclic) bond motifs is 3. The maximum absolute atomic E-state index is 11.0. The summed E-state index contributed by atoms with van der Waals surface area (Å²) in [7, 11) is 0. The average molecular weight is 164 g/mol. The van der Waals surface area contributed by atoms with E-state index in [1.54, 1.807) is 0 Å². The lowest BCUT2D eigenvalue weighted by molar-refractivity contribution is -0.137. The molecule has 1 saturated carbocycles. The van der Waals surface area contributed by atoms with Crippen molar-refractivity contribution in [1.29, 1.82) is 0 Å². The van der Waals surface area contributed by atoms with E-state index in [2.05, 4.69) is 12.2 Å². The summed E-state index contributed by atoms with van der Waals surface area (Å²) in [5.41, 5.74) is 0.219. The minimum atomic E-state index is 0.0101. The first kappa shape index (κ1) is 6.70. The van der Waals surface area contributed by atoms with E-state index in [4.69, 9.17) is 4.74 Å². The summed E-state index contributed by atoms with van der Waals surface area (Å²) in [5.74, 6) is 1.38. The van der Waals surface area contributed by atoms with Crippen molar-refractivity contribution in [2.75, 3.05) is 6.61 Å².